The molecular formula is C19H32N4O3. The maximum atomic E-state index is 12.0. The van der Waals surface area contributed by atoms with Gasteiger partial charge in [-0.2, -0.15) is 5.10 Å². The smallest absolute Gasteiger partial charge is 0.356 e. The molecule has 0 unspecified atom stereocenters. The lowest BCUT2D eigenvalue weighted by Crippen LogP contribution is -2.56. The first-order valence-electron chi connectivity index (χ1n) is 10.0. The van der Waals surface area contributed by atoms with Crippen LogP contribution >= 0.6 is 0 Å². The Kier molecular flexibility index (Phi) is 7.05. The third-order valence-corrected chi connectivity index (χ3v) is 5.71. The Morgan fingerprint density at radius 1 is 1.35 bits per heavy atom. The molecule has 1 saturated heterocycles. The number of carbonyl (C=O) groups excluding carboxylic acids is 1. The van der Waals surface area contributed by atoms with E-state index in [9.17, 15) is 9.90 Å². The maximum Gasteiger partial charge on any atom is 0.356 e. The second-order valence-electron chi connectivity index (χ2n) is 7.42. The van der Waals surface area contributed by atoms with Crippen LogP contribution in [0.1, 0.15) is 61.5 Å². The Labute approximate surface area is 155 Å². The van der Waals surface area contributed by atoms with Crippen molar-refractivity contribution < 1.29 is 14.6 Å². The van der Waals surface area contributed by atoms with E-state index in [2.05, 4.69) is 20.0 Å². The zero-order valence-corrected chi connectivity index (χ0v) is 15.8. The average molecular weight is 364 g/mol. The number of piperazine rings is 1. The molecule has 1 aliphatic heterocycles. The maximum absolute atomic E-state index is 12.0. The first-order valence-corrected chi connectivity index (χ1v) is 10.0. The molecule has 0 amide bonds. The Bertz CT molecular complexity index is 571. The lowest BCUT2D eigenvalue weighted by molar-refractivity contribution is 0.0135. The minimum Gasteiger partial charge on any atom is -0.461 e. The molecule has 0 bridgehead atoms. The highest BCUT2D eigenvalue weighted by atomic mass is 16.5. The highest BCUT2D eigenvalue weighted by Gasteiger charge is 2.32. The summed E-state index contributed by atoms with van der Waals surface area (Å²) in [5.41, 5.74) is 1.34. The predicted molar refractivity (Wildman–Crippen MR) is 98.9 cm³/mol. The number of esters is 1. The van der Waals surface area contributed by atoms with Gasteiger partial charge in [0.1, 0.15) is 5.69 Å². The lowest BCUT2D eigenvalue weighted by atomic mass is 9.91. The van der Waals surface area contributed by atoms with Crippen molar-refractivity contribution in [1.29, 1.82) is 0 Å². The van der Waals surface area contributed by atoms with E-state index in [4.69, 9.17) is 4.74 Å². The average Bonchev–Trinajstić information content (AvgIpc) is 3.11. The molecule has 3 rings (SSSR count). The summed E-state index contributed by atoms with van der Waals surface area (Å²) >= 11 is 0. The van der Waals surface area contributed by atoms with Gasteiger partial charge in [-0.3, -0.25) is 14.9 Å². The molecular weight excluding hydrogens is 332 g/mol. The number of ether oxygens (including phenoxy) is 1. The normalized spacial score (nSPS) is 23.2. The Morgan fingerprint density at radius 3 is 2.88 bits per heavy atom. The van der Waals surface area contributed by atoms with Crippen LogP contribution in [0.3, 0.4) is 0 Å². The van der Waals surface area contributed by atoms with Gasteiger partial charge in [0.2, 0.25) is 0 Å². The summed E-state index contributed by atoms with van der Waals surface area (Å²) in [6.45, 7) is 6.00. The van der Waals surface area contributed by atoms with Crippen LogP contribution < -0.4 is 0 Å². The number of hydrogen-bond donors (Lipinski definition) is 2. The van der Waals surface area contributed by atoms with Gasteiger partial charge < -0.3 is 9.84 Å². The van der Waals surface area contributed by atoms with Crippen LogP contribution in [0.2, 0.25) is 0 Å². The van der Waals surface area contributed by atoms with Gasteiger partial charge in [0.15, 0.2) is 0 Å². The quantitative estimate of drug-likeness (QED) is 0.718. The molecule has 2 fully saturated rings. The summed E-state index contributed by atoms with van der Waals surface area (Å²) in [4.78, 5) is 17.0. The molecule has 0 radical (unpaired) electrons. The van der Waals surface area contributed by atoms with Gasteiger partial charge in [-0.25, -0.2) is 4.79 Å². The number of rotatable bonds is 7. The monoisotopic (exact) mass is 364 g/mol. The van der Waals surface area contributed by atoms with Gasteiger partial charge in [-0.05, 0) is 26.2 Å². The van der Waals surface area contributed by atoms with Crippen LogP contribution in [-0.4, -0.2) is 76.0 Å². The van der Waals surface area contributed by atoms with Crippen molar-refractivity contribution in [2.75, 3.05) is 32.8 Å². The molecule has 2 N–H and O–H groups in total. The van der Waals surface area contributed by atoms with Crippen LogP contribution in [0.15, 0.2) is 6.20 Å². The van der Waals surface area contributed by atoms with Crippen molar-refractivity contribution in [1.82, 2.24) is 20.0 Å². The summed E-state index contributed by atoms with van der Waals surface area (Å²) in [5.74, 6) is -0.340. The first kappa shape index (κ1) is 19.3. The molecule has 1 saturated carbocycles. The van der Waals surface area contributed by atoms with Crippen LogP contribution in [-0.2, 0) is 11.3 Å². The number of nitrogens with one attached hydrogen (secondary N) is 1. The van der Waals surface area contributed by atoms with Crippen molar-refractivity contribution in [2.45, 2.75) is 64.1 Å². The van der Waals surface area contributed by atoms with Gasteiger partial charge in [0.05, 0.1) is 12.8 Å². The number of nitrogens with zero attached hydrogens (tertiary/aromatic N) is 3. The minimum atomic E-state index is -0.340. The van der Waals surface area contributed by atoms with Gasteiger partial charge in [-0.1, -0.05) is 19.3 Å². The molecule has 2 heterocycles. The van der Waals surface area contributed by atoms with Crippen molar-refractivity contribution >= 4 is 5.97 Å². The fourth-order valence-electron chi connectivity index (χ4n) is 4.43. The molecule has 1 aromatic rings. The fourth-order valence-corrected chi connectivity index (χ4v) is 4.43. The van der Waals surface area contributed by atoms with Gasteiger partial charge in [0.25, 0.3) is 0 Å². The summed E-state index contributed by atoms with van der Waals surface area (Å²) in [5, 5.41) is 16.3. The third-order valence-electron chi connectivity index (χ3n) is 5.71. The van der Waals surface area contributed by atoms with Gasteiger partial charge >= 0.3 is 5.97 Å². The minimum absolute atomic E-state index is 0.224. The second kappa shape index (κ2) is 9.48. The molecule has 0 spiro atoms. The van der Waals surface area contributed by atoms with Crippen LogP contribution in [0, 0.1) is 0 Å². The highest BCUT2D eigenvalue weighted by Crippen LogP contribution is 2.27. The number of aliphatic hydroxyl groups excluding tert-OH is 1. The molecule has 2 aliphatic rings. The number of aromatic nitrogens is 2. The molecule has 146 valence electrons. The van der Waals surface area contributed by atoms with E-state index in [1.807, 2.05) is 0 Å². The summed E-state index contributed by atoms with van der Waals surface area (Å²) in [6.07, 6.45) is 9.12. The SMILES string of the molecule is CCOC(=O)c1[nH]ncc1CN1CCN(C2CCCCC2)[C@H](CCO)C1. The molecule has 0 aromatic carbocycles. The molecule has 1 aromatic heterocycles. The van der Waals surface area contributed by atoms with Crippen molar-refractivity contribution in [3.05, 3.63) is 17.5 Å². The Balaban J connectivity index is 1.62. The van der Waals surface area contributed by atoms with Crippen LogP contribution in [0.5, 0.6) is 0 Å². The van der Waals surface area contributed by atoms with Crippen molar-refractivity contribution in [2.24, 2.45) is 0 Å². The number of aliphatic hydroxyl groups is 1. The summed E-state index contributed by atoms with van der Waals surface area (Å²) < 4.78 is 5.10. The van der Waals surface area contributed by atoms with Crippen LogP contribution in [0.25, 0.3) is 0 Å². The number of carbonyl (C=O) groups is 1. The third kappa shape index (κ3) is 4.64. The summed E-state index contributed by atoms with van der Waals surface area (Å²) in [6, 6.07) is 1.06. The molecule has 1 atom stereocenters. The zero-order chi connectivity index (χ0) is 18.4. The van der Waals surface area contributed by atoms with E-state index >= 15 is 0 Å². The van der Waals surface area contributed by atoms with Crippen molar-refractivity contribution in [3.8, 4) is 0 Å². The van der Waals surface area contributed by atoms with Crippen molar-refractivity contribution in [3.63, 3.8) is 0 Å². The molecule has 7 nitrogen and oxygen atoms in total. The van der Waals surface area contributed by atoms with E-state index < -0.39 is 0 Å². The number of H-pyrrole nitrogens is 1. The largest absolute Gasteiger partial charge is 0.461 e. The predicted octanol–water partition coefficient (Wildman–Crippen LogP) is 1.79. The first-order chi connectivity index (χ1) is 12.7. The second-order valence-corrected chi connectivity index (χ2v) is 7.42. The zero-order valence-electron chi connectivity index (χ0n) is 15.8. The van der Waals surface area contributed by atoms with Gasteiger partial charge in [-0.15, -0.1) is 0 Å². The summed E-state index contributed by atoms with van der Waals surface area (Å²) in [7, 11) is 0. The van der Waals surface area contributed by atoms with E-state index in [1.54, 1.807) is 13.1 Å². The molecule has 26 heavy (non-hydrogen) atoms. The Hall–Kier alpha value is -1.44. The Morgan fingerprint density at radius 2 is 2.15 bits per heavy atom. The molecule has 7 heteroatoms. The number of aromatic amines is 1. The fraction of sp³-hybridized carbons (Fsp3) is 0.789. The highest BCUT2D eigenvalue weighted by molar-refractivity contribution is 5.88. The topological polar surface area (TPSA) is 81.7 Å². The standard InChI is InChI=1S/C19H32N4O3/c1-2-26-19(25)18-15(12-20-21-18)13-22-9-10-23(17(14-22)8-11-24)16-6-4-3-5-7-16/h12,16-17,24H,2-11,13-14H2,1H3,(H,20,21)/t17-/m1/s1. The van der Waals surface area contributed by atoms with Crippen LogP contribution in [0.4, 0.5) is 0 Å². The molecule has 1 aliphatic carbocycles. The van der Waals surface area contributed by atoms with E-state index in [-0.39, 0.29) is 12.6 Å². The van der Waals surface area contributed by atoms with E-state index in [1.165, 1.54) is 32.1 Å². The lowest BCUT2D eigenvalue weighted by Gasteiger charge is -2.46. The number of hydrogen-bond acceptors (Lipinski definition) is 6. The van der Waals surface area contributed by atoms with E-state index in [0.29, 0.717) is 30.9 Å². The van der Waals surface area contributed by atoms with Gasteiger partial charge in [0, 0.05) is 50.4 Å². The van der Waals surface area contributed by atoms with E-state index in [0.717, 1.165) is 31.6 Å².